The summed E-state index contributed by atoms with van der Waals surface area (Å²) in [7, 11) is 6.12. The number of ether oxygens (including phenoxy) is 1. The van der Waals surface area contributed by atoms with E-state index in [1.807, 2.05) is 48.2 Å². The average molecular weight is 303 g/mol. The van der Waals surface area contributed by atoms with Gasteiger partial charge in [0.15, 0.2) is 0 Å². The number of anilines is 1. The Balaban J connectivity index is 1.81. The zero-order chi connectivity index (χ0) is 15.7. The van der Waals surface area contributed by atoms with Gasteiger partial charge in [-0.1, -0.05) is 6.07 Å². The van der Waals surface area contributed by atoms with Gasteiger partial charge >= 0.3 is 0 Å². The normalized spacial score (nSPS) is 25.7. The highest BCUT2D eigenvalue weighted by atomic mass is 16.5. The Bertz CT molecular complexity index is 546. The molecule has 5 nitrogen and oxygen atoms in total. The minimum atomic E-state index is 0.135. The van der Waals surface area contributed by atoms with Gasteiger partial charge in [-0.2, -0.15) is 0 Å². The zero-order valence-electron chi connectivity index (χ0n) is 13.7. The second-order valence-corrected chi connectivity index (χ2v) is 6.65. The van der Waals surface area contributed by atoms with Crippen LogP contribution in [0.3, 0.4) is 0 Å². The lowest BCUT2D eigenvalue weighted by Gasteiger charge is -2.30. The van der Waals surface area contributed by atoms with E-state index in [1.165, 1.54) is 0 Å². The van der Waals surface area contributed by atoms with Crippen LogP contribution in [0.4, 0.5) is 5.69 Å². The Kier molecular flexibility index (Phi) is 4.36. The number of carbonyl (C=O) groups is 1. The number of hydrogen-bond acceptors (Lipinski definition) is 4. The molecule has 22 heavy (non-hydrogen) atoms. The molecule has 0 saturated carbocycles. The van der Waals surface area contributed by atoms with Gasteiger partial charge in [-0.25, -0.2) is 0 Å². The lowest BCUT2D eigenvalue weighted by molar-refractivity contribution is 0.0434. The van der Waals surface area contributed by atoms with Gasteiger partial charge in [-0.15, -0.1) is 0 Å². The molecule has 2 heterocycles. The van der Waals surface area contributed by atoms with E-state index in [0.717, 1.165) is 37.5 Å². The lowest BCUT2D eigenvalue weighted by Crippen LogP contribution is -2.44. The van der Waals surface area contributed by atoms with Crippen LogP contribution < -0.4 is 4.90 Å². The quantitative estimate of drug-likeness (QED) is 0.821. The molecule has 3 rings (SSSR count). The Morgan fingerprint density at radius 2 is 2.05 bits per heavy atom. The third kappa shape index (κ3) is 3.10. The summed E-state index contributed by atoms with van der Waals surface area (Å²) in [5.41, 5.74) is 1.83. The molecular weight excluding hydrogens is 278 g/mol. The highest BCUT2D eigenvalue weighted by molar-refractivity contribution is 5.95. The van der Waals surface area contributed by atoms with Crippen molar-refractivity contribution in [3.63, 3.8) is 0 Å². The largest absolute Gasteiger partial charge is 0.379 e. The van der Waals surface area contributed by atoms with Gasteiger partial charge < -0.3 is 14.5 Å². The van der Waals surface area contributed by atoms with Crippen molar-refractivity contribution in [1.29, 1.82) is 0 Å². The van der Waals surface area contributed by atoms with Crippen LogP contribution in [-0.2, 0) is 4.74 Å². The predicted octanol–water partition coefficient (Wildman–Crippen LogP) is 1.16. The van der Waals surface area contributed by atoms with Gasteiger partial charge in [0.05, 0.1) is 19.3 Å². The second kappa shape index (κ2) is 6.26. The molecule has 2 atom stereocenters. The van der Waals surface area contributed by atoms with Crippen LogP contribution in [0.2, 0.25) is 0 Å². The highest BCUT2D eigenvalue weighted by Crippen LogP contribution is 2.21. The van der Waals surface area contributed by atoms with Gasteiger partial charge in [0, 0.05) is 50.9 Å². The van der Waals surface area contributed by atoms with Crippen LogP contribution in [-0.4, -0.2) is 75.7 Å². The average Bonchev–Trinajstić information content (AvgIpc) is 2.75. The summed E-state index contributed by atoms with van der Waals surface area (Å²) in [4.78, 5) is 19.3. The molecule has 120 valence electrons. The van der Waals surface area contributed by atoms with Crippen molar-refractivity contribution in [2.45, 2.75) is 6.04 Å². The molecule has 0 aliphatic carbocycles. The Hall–Kier alpha value is -1.59. The number of fused-ring (bicyclic) bond motifs is 3. The number of hydrogen-bond donors (Lipinski definition) is 0. The fraction of sp³-hybridized carbons (Fsp3) is 0.588. The van der Waals surface area contributed by atoms with Gasteiger partial charge in [0.2, 0.25) is 0 Å². The molecule has 0 spiro atoms. The summed E-state index contributed by atoms with van der Waals surface area (Å²) in [6.07, 6.45) is 0. The first-order chi connectivity index (χ1) is 10.5. The first-order valence-electron chi connectivity index (χ1n) is 7.89. The molecule has 0 unspecified atom stereocenters. The van der Waals surface area contributed by atoms with Crippen LogP contribution in [0, 0.1) is 5.92 Å². The Labute approximate surface area is 132 Å². The van der Waals surface area contributed by atoms with Crippen molar-refractivity contribution >= 4 is 11.6 Å². The number of nitrogens with zero attached hydrogens (tertiary/aromatic N) is 3. The monoisotopic (exact) mass is 303 g/mol. The molecular formula is C17H25N3O2. The molecule has 5 heteroatoms. The van der Waals surface area contributed by atoms with E-state index in [2.05, 4.69) is 11.9 Å². The van der Waals surface area contributed by atoms with Gasteiger partial charge in [0.1, 0.15) is 0 Å². The summed E-state index contributed by atoms with van der Waals surface area (Å²) >= 11 is 0. The summed E-state index contributed by atoms with van der Waals surface area (Å²) in [6, 6.07) is 8.17. The van der Waals surface area contributed by atoms with Crippen LogP contribution in [0.5, 0.6) is 0 Å². The number of carbonyl (C=O) groups excluding carboxylic acids is 1. The third-order valence-corrected chi connectivity index (χ3v) is 4.64. The van der Waals surface area contributed by atoms with Gasteiger partial charge in [-0.05, 0) is 25.2 Å². The molecule has 1 amide bonds. The van der Waals surface area contributed by atoms with E-state index in [0.29, 0.717) is 18.6 Å². The van der Waals surface area contributed by atoms with E-state index >= 15 is 0 Å². The Morgan fingerprint density at radius 1 is 1.23 bits per heavy atom. The number of rotatable bonds is 2. The number of likely N-dealkylation sites (N-methyl/N-ethyl adjacent to an activating group) is 1. The van der Waals surface area contributed by atoms with Crippen LogP contribution in [0.1, 0.15) is 10.4 Å². The van der Waals surface area contributed by atoms with Crippen molar-refractivity contribution in [2.24, 2.45) is 5.92 Å². The molecule has 2 aliphatic rings. The molecule has 0 aromatic heterocycles. The van der Waals surface area contributed by atoms with Crippen molar-refractivity contribution in [3.05, 3.63) is 29.8 Å². The van der Waals surface area contributed by atoms with Crippen molar-refractivity contribution < 1.29 is 9.53 Å². The summed E-state index contributed by atoms with van der Waals surface area (Å²) in [5.74, 6) is 0.536. The smallest absolute Gasteiger partial charge is 0.253 e. The van der Waals surface area contributed by atoms with Crippen molar-refractivity contribution in [2.75, 3.05) is 58.9 Å². The zero-order valence-corrected chi connectivity index (χ0v) is 13.7. The summed E-state index contributed by atoms with van der Waals surface area (Å²) < 4.78 is 5.73. The maximum Gasteiger partial charge on any atom is 0.253 e. The van der Waals surface area contributed by atoms with Gasteiger partial charge in [0.25, 0.3) is 5.91 Å². The highest BCUT2D eigenvalue weighted by Gasteiger charge is 2.33. The van der Waals surface area contributed by atoms with Crippen molar-refractivity contribution in [3.8, 4) is 0 Å². The first kappa shape index (κ1) is 15.3. The standard InChI is InChI=1S/C17H25N3O2/c1-18(2)15-6-4-5-14(7-15)17(21)20-9-13-8-19(3)16(10-20)12-22-11-13/h4-7,13,16H,8-12H2,1-3H3/t13-,16+/m1/s1. The lowest BCUT2D eigenvalue weighted by atomic mass is 10.1. The molecule has 2 bridgehead atoms. The molecule has 1 aromatic carbocycles. The van der Waals surface area contributed by atoms with Gasteiger partial charge in [-0.3, -0.25) is 9.69 Å². The van der Waals surface area contributed by atoms with E-state index < -0.39 is 0 Å². The van der Waals surface area contributed by atoms with Crippen LogP contribution in [0.25, 0.3) is 0 Å². The SMILES string of the molecule is CN(C)c1cccc(C(=O)N2C[C@@H]3COC[C@H](C2)N(C)C3)c1. The van der Waals surface area contributed by atoms with Crippen LogP contribution in [0.15, 0.2) is 24.3 Å². The molecule has 2 fully saturated rings. The van der Waals surface area contributed by atoms with Crippen LogP contribution >= 0.6 is 0 Å². The molecule has 2 aliphatic heterocycles. The molecule has 0 N–H and O–H groups in total. The molecule has 2 saturated heterocycles. The predicted molar refractivity (Wildman–Crippen MR) is 87.4 cm³/mol. The van der Waals surface area contributed by atoms with E-state index in [9.17, 15) is 4.79 Å². The molecule has 1 aromatic rings. The van der Waals surface area contributed by atoms with E-state index in [4.69, 9.17) is 4.74 Å². The molecule has 0 radical (unpaired) electrons. The van der Waals surface area contributed by atoms with E-state index in [-0.39, 0.29) is 5.91 Å². The topological polar surface area (TPSA) is 36.0 Å². The minimum absolute atomic E-state index is 0.135. The number of benzene rings is 1. The van der Waals surface area contributed by atoms with E-state index in [1.54, 1.807) is 0 Å². The Morgan fingerprint density at radius 3 is 2.82 bits per heavy atom. The fourth-order valence-corrected chi connectivity index (χ4v) is 3.32. The third-order valence-electron chi connectivity index (χ3n) is 4.64. The summed E-state index contributed by atoms with van der Waals surface area (Å²) in [5, 5.41) is 0. The van der Waals surface area contributed by atoms with Crippen molar-refractivity contribution in [1.82, 2.24) is 9.80 Å². The first-order valence-corrected chi connectivity index (χ1v) is 7.89. The maximum atomic E-state index is 12.9. The number of amides is 1. The maximum absolute atomic E-state index is 12.9. The second-order valence-electron chi connectivity index (χ2n) is 6.65. The fourth-order valence-electron chi connectivity index (χ4n) is 3.32. The minimum Gasteiger partial charge on any atom is -0.379 e. The summed E-state index contributed by atoms with van der Waals surface area (Å²) in [6.45, 7) is 4.01.